The van der Waals surface area contributed by atoms with Crippen LogP contribution in [-0.4, -0.2) is 46.2 Å². The van der Waals surface area contributed by atoms with Crippen molar-refractivity contribution in [2.24, 2.45) is 0 Å². The fraction of sp³-hybridized carbons (Fsp3) is 0.135. The molecule has 0 heterocycles. The zero-order chi connectivity index (χ0) is 47.3. The molecule has 2 N–H and O–H groups in total. The zero-order valence-corrected chi connectivity index (χ0v) is 35.8. The van der Waals surface area contributed by atoms with Crippen LogP contribution >= 0.6 is 56.8 Å². The van der Waals surface area contributed by atoms with Gasteiger partial charge in [0, 0.05) is 30.4 Å². The molecule has 0 unspecified atom stereocenters. The van der Waals surface area contributed by atoms with Crippen LogP contribution in [0.5, 0.6) is 23.0 Å². The van der Waals surface area contributed by atoms with Crippen LogP contribution in [0, 0.1) is 27.4 Å². The van der Waals surface area contributed by atoms with E-state index in [9.17, 15) is 69.3 Å². The third-order valence-corrected chi connectivity index (χ3v) is 8.66. The van der Waals surface area contributed by atoms with Crippen LogP contribution in [-0.2, 0) is 28.0 Å². The Morgan fingerprint density at radius 1 is 0.597 bits per heavy atom. The number of phenolic OH excluding ortho intramolecular Hbond substituents is 2. The molecule has 25 heteroatoms. The van der Waals surface area contributed by atoms with Gasteiger partial charge in [0.25, 0.3) is 11.4 Å². The van der Waals surface area contributed by atoms with E-state index in [1.807, 2.05) is 0 Å². The minimum Gasteiger partial charge on any atom is -0.507 e. The van der Waals surface area contributed by atoms with E-state index in [0.717, 1.165) is 74.9 Å². The fourth-order valence-electron chi connectivity index (χ4n) is 4.34. The van der Waals surface area contributed by atoms with Gasteiger partial charge in [0.15, 0.2) is 0 Å². The molecule has 62 heavy (non-hydrogen) atoms. The molecule has 5 rings (SSSR count). The number of carbonyl (C=O) groups is 2. The number of carbonyl (C=O) groups excluding carboxylic acids is 2. The normalized spacial score (nSPS) is 10.9. The number of hydrogen-bond donors (Lipinski definition) is 2. The summed E-state index contributed by atoms with van der Waals surface area (Å²) in [4.78, 5) is 42.7. The Morgan fingerprint density at radius 3 is 1.47 bits per heavy atom. The van der Waals surface area contributed by atoms with E-state index < -0.39 is 85.5 Å². The van der Waals surface area contributed by atoms with E-state index in [-0.39, 0.29) is 22.0 Å². The van der Waals surface area contributed by atoms with Gasteiger partial charge in [-0.05, 0) is 112 Å². The molecule has 0 aliphatic carbocycles. The van der Waals surface area contributed by atoms with E-state index in [1.165, 1.54) is 36.4 Å². The van der Waals surface area contributed by atoms with Crippen molar-refractivity contribution < 1.29 is 83.4 Å². The number of phenols is 2. The van der Waals surface area contributed by atoms with Gasteiger partial charge in [0.05, 0.1) is 40.8 Å². The number of alkyl halides is 9. The number of para-hydroxylation sites is 1. The molecule has 0 atom stereocenters. The van der Waals surface area contributed by atoms with Gasteiger partial charge in [0.2, 0.25) is 0 Å². The smallest absolute Gasteiger partial charge is 0.420 e. The van der Waals surface area contributed by atoms with Crippen molar-refractivity contribution in [3.63, 3.8) is 0 Å². The number of hydrogen-bond acceptors (Lipinski definition) is 11. The van der Waals surface area contributed by atoms with E-state index in [2.05, 4.69) is 9.47 Å². The van der Waals surface area contributed by atoms with Crippen molar-refractivity contribution in [1.82, 2.24) is 0 Å². The highest BCUT2D eigenvalue weighted by molar-refractivity contribution is 14.1. The first-order valence-electron chi connectivity index (χ1n) is 16.0. The Bertz CT molecular complexity index is 2420. The molecular weight excluding hydrogens is 1110 g/mol. The van der Waals surface area contributed by atoms with Gasteiger partial charge in [-0.2, -0.15) is 39.5 Å². The first-order valence-corrected chi connectivity index (χ1v) is 18.5. The van der Waals surface area contributed by atoms with E-state index in [1.54, 1.807) is 45.2 Å². The molecule has 13 nitrogen and oxygen atoms in total. The van der Waals surface area contributed by atoms with Gasteiger partial charge in [0.1, 0.15) is 34.1 Å². The van der Waals surface area contributed by atoms with Crippen molar-refractivity contribution in [3.8, 4) is 23.0 Å². The summed E-state index contributed by atoms with van der Waals surface area (Å²) in [7, 11) is 2.17. The molecule has 0 aromatic heterocycles. The van der Waals surface area contributed by atoms with Gasteiger partial charge < -0.3 is 24.4 Å². The number of nitrogens with zero attached hydrogens (tertiary/aromatic N) is 2. The molecule has 0 aliphatic rings. The number of aromatic hydroxyl groups is 2. The number of esters is 2. The number of nitro groups is 2. The van der Waals surface area contributed by atoms with Crippen molar-refractivity contribution >= 4 is 80.1 Å². The summed E-state index contributed by atoms with van der Waals surface area (Å²) in [6.07, 6.45) is -13.6. The van der Waals surface area contributed by atoms with Crippen molar-refractivity contribution in [2.45, 2.75) is 18.5 Å². The number of halogens is 12. The second-order valence-electron chi connectivity index (χ2n) is 11.3. The fourth-order valence-corrected chi connectivity index (χ4v) is 5.50. The molecule has 5 aromatic rings. The average Bonchev–Trinajstić information content (AvgIpc) is 3.18. The maximum Gasteiger partial charge on any atom is 0.420 e. The summed E-state index contributed by atoms with van der Waals surface area (Å²) in [5, 5.41) is 39.3. The minimum atomic E-state index is -4.65. The summed E-state index contributed by atoms with van der Waals surface area (Å²) in [6.45, 7) is 0. The molecule has 0 bridgehead atoms. The lowest BCUT2D eigenvalue weighted by Gasteiger charge is -2.14. The topological polar surface area (TPSA) is 189 Å². The number of methoxy groups -OCH3 is 2. The molecule has 0 saturated heterocycles. The molecule has 0 saturated carbocycles. The summed E-state index contributed by atoms with van der Waals surface area (Å²) in [6, 6.07) is 17.9. The zero-order valence-electron chi connectivity index (χ0n) is 30.7. The predicted molar refractivity (Wildman–Crippen MR) is 217 cm³/mol. The van der Waals surface area contributed by atoms with Crippen molar-refractivity contribution in [3.05, 3.63) is 157 Å². The minimum absolute atomic E-state index is 0.148. The molecule has 332 valence electrons. The Labute approximate surface area is 374 Å². The molecule has 0 radical (unpaired) electrons. The van der Waals surface area contributed by atoms with Crippen LogP contribution in [0.3, 0.4) is 0 Å². The van der Waals surface area contributed by atoms with Gasteiger partial charge in [-0.1, -0.05) is 23.7 Å². The molecule has 5 aromatic carbocycles. The summed E-state index contributed by atoms with van der Waals surface area (Å²) in [5.41, 5.74) is -4.43. The van der Waals surface area contributed by atoms with Crippen LogP contribution in [0.25, 0.3) is 0 Å². The van der Waals surface area contributed by atoms with Crippen LogP contribution in [0.1, 0.15) is 37.4 Å². The molecule has 0 spiro atoms. The van der Waals surface area contributed by atoms with Gasteiger partial charge in [-0.3, -0.25) is 20.2 Å². The molecule has 0 aliphatic heterocycles. The summed E-state index contributed by atoms with van der Waals surface area (Å²) >= 11 is 9.08. The third-order valence-electron chi connectivity index (χ3n) is 7.08. The standard InChI is InChI=1S/C15H9F3INO5.C8H6ClNO4.C7H4F3IO.C7H5F3O/c1-24-14(21)10-7-9(3-4-12(10)20(22)23)25-13-5-2-8(19)6-11(13)15(16,17)18;1-14-8(11)6-4-5(9)2-3-7(6)10(12)13;8-7(9,10)5-3-4(11)1-2-6(5)12;8-7(9,10)5-3-1-2-4-6(5)11/h2-7H,1H3;2-4H,1H3;1-3,12H;1-4,11H. The second-order valence-corrected chi connectivity index (χ2v) is 14.2. The number of ether oxygens (including phenoxy) is 3. The number of rotatable bonds is 6. The second kappa shape index (κ2) is 22.5. The number of benzene rings is 5. The maximum absolute atomic E-state index is 13.1. The first-order chi connectivity index (χ1) is 28.6. The Morgan fingerprint density at radius 2 is 1.03 bits per heavy atom. The van der Waals surface area contributed by atoms with E-state index in [0.29, 0.717) is 7.14 Å². The highest BCUT2D eigenvalue weighted by atomic mass is 127. The summed E-state index contributed by atoms with van der Waals surface area (Å²) in [5.74, 6) is -3.91. The monoisotopic (exact) mass is 1130 g/mol. The van der Waals surface area contributed by atoms with E-state index in [4.69, 9.17) is 26.6 Å². The Balaban J connectivity index is 0.000000305. The lowest BCUT2D eigenvalue weighted by molar-refractivity contribution is -0.385. The first kappa shape index (κ1) is 52.5. The lowest BCUT2D eigenvalue weighted by Crippen LogP contribution is -2.08. The van der Waals surface area contributed by atoms with Crippen molar-refractivity contribution in [2.75, 3.05) is 14.2 Å². The SMILES string of the molecule is COC(=O)c1cc(Cl)ccc1[N+](=O)[O-].COC(=O)c1cc(Oc2ccc(I)cc2C(F)(F)F)ccc1[N+](=O)[O-].Oc1ccc(I)cc1C(F)(F)F.Oc1ccccc1C(F)(F)F. The van der Waals surface area contributed by atoms with Crippen LogP contribution in [0.4, 0.5) is 50.9 Å². The van der Waals surface area contributed by atoms with Crippen LogP contribution in [0.2, 0.25) is 5.02 Å². The molecule has 0 fully saturated rings. The lowest BCUT2D eigenvalue weighted by atomic mass is 10.1. The highest BCUT2D eigenvalue weighted by Crippen LogP contribution is 2.40. The van der Waals surface area contributed by atoms with Crippen molar-refractivity contribution in [1.29, 1.82) is 0 Å². The predicted octanol–water partition coefficient (Wildman–Crippen LogP) is 12.3. The number of nitro benzene ring substituents is 2. The maximum atomic E-state index is 13.1. The average molecular weight is 1130 g/mol. The molecular formula is C37H24ClF9I2N2O11. The molecule has 0 amide bonds. The van der Waals surface area contributed by atoms with E-state index >= 15 is 0 Å². The third kappa shape index (κ3) is 15.7. The van der Waals surface area contributed by atoms with Gasteiger partial charge in [-0.25, -0.2) is 9.59 Å². The quantitative estimate of drug-likeness (QED) is 0.0541. The Kier molecular flexibility index (Phi) is 19.0. The van der Waals surface area contributed by atoms with Gasteiger partial charge in [-0.15, -0.1) is 0 Å². The Hall–Kier alpha value is -5.64. The van der Waals surface area contributed by atoms with Gasteiger partial charge >= 0.3 is 30.5 Å². The highest BCUT2D eigenvalue weighted by Gasteiger charge is 2.36. The van der Waals surface area contributed by atoms with Crippen LogP contribution in [0.15, 0.2) is 97.1 Å². The summed E-state index contributed by atoms with van der Waals surface area (Å²) < 4.78 is 126. The largest absolute Gasteiger partial charge is 0.507 e. The van der Waals surface area contributed by atoms with Crippen LogP contribution < -0.4 is 4.74 Å².